The second-order valence-electron chi connectivity index (χ2n) is 6.19. The summed E-state index contributed by atoms with van der Waals surface area (Å²) in [5.74, 6) is 3.35. The van der Waals surface area contributed by atoms with Crippen LogP contribution in [0.1, 0.15) is 33.1 Å². The van der Waals surface area contributed by atoms with Gasteiger partial charge in [-0.2, -0.15) is 0 Å². The van der Waals surface area contributed by atoms with Crippen LogP contribution < -0.4 is 5.73 Å². The quantitative estimate of drug-likeness (QED) is 0.768. The fourth-order valence-corrected chi connectivity index (χ4v) is 3.78. The second-order valence-corrected chi connectivity index (χ2v) is 6.19. The lowest BCUT2D eigenvalue weighted by Gasteiger charge is -2.32. The van der Waals surface area contributed by atoms with Gasteiger partial charge in [0.15, 0.2) is 0 Å². The molecule has 0 saturated heterocycles. The molecule has 0 radical (unpaired) electrons. The molecule has 0 heterocycles. The zero-order valence-corrected chi connectivity index (χ0v) is 10.4. The van der Waals surface area contributed by atoms with E-state index in [2.05, 4.69) is 25.8 Å². The lowest BCUT2D eigenvalue weighted by molar-refractivity contribution is 0.187. The van der Waals surface area contributed by atoms with Crippen LogP contribution in [-0.4, -0.2) is 31.1 Å². The van der Waals surface area contributed by atoms with Crippen LogP contribution in [0.2, 0.25) is 0 Å². The Kier molecular flexibility index (Phi) is 3.36. The maximum atomic E-state index is 6.32. The van der Waals surface area contributed by atoms with E-state index >= 15 is 0 Å². The zero-order valence-electron chi connectivity index (χ0n) is 10.4. The Hall–Kier alpha value is -0.0800. The summed E-state index contributed by atoms with van der Waals surface area (Å²) >= 11 is 0. The molecule has 4 unspecified atom stereocenters. The lowest BCUT2D eigenvalue weighted by atomic mass is 9.84. The SMILES string of the molecule is CC(C)CN(C)CC1C2CCC(C2)C1N. The van der Waals surface area contributed by atoms with E-state index in [0.717, 1.165) is 23.7 Å². The molecule has 15 heavy (non-hydrogen) atoms. The standard InChI is InChI=1S/C13H26N2/c1-9(2)7-15(3)8-12-10-4-5-11(6-10)13(12)14/h9-13H,4-8,14H2,1-3H3. The highest BCUT2D eigenvalue weighted by molar-refractivity contribution is 4.99. The smallest absolute Gasteiger partial charge is 0.0111 e. The third-order valence-electron chi connectivity index (χ3n) is 4.36. The maximum Gasteiger partial charge on any atom is 0.0111 e. The molecule has 0 aliphatic heterocycles. The number of fused-ring (bicyclic) bond motifs is 2. The summed E-state index contributed by atoms with van der Waals surface area (Å²) in [5, 5.41) is 0. The number of hydrogen-bond acceptors (Lipinski definition) is 2. The van der Waals surface area contributed by atoms with E-state index in [9.17, 15) is 0 Å². The molecular weight excluding hydrogens is 184 g/mol. The third kappa shape index (κ3) is 2.36. The molecule has 2 saturated carbocycles. The van der Waals surface area contributed by atoms with E-state index in [4.69, 9.17) is 5.73 Å². The molecule has 0 amide bonds. The van der Waals surface area contributed by atoms with Crippen molar-refractivity contribution in [3.63, 3.8) is 0 Å². The number of nitrogens with zero attached hydrogens (tertiary/aromatic N) is 1. The van der Waals surface area contributed by atoms with Crippen molar-refractivity contribution < 1.29 is 0 Å². The number of nitrogens with two attached hydrogens (primary N) is 1. The largest absolute Gasteiger partial charge is 0.327 e. The third-order valence-corrected chi connectivity index (χ3v) is 4.36. The average Bonchev–Trinajstić information content (AvgIpc) is 2.68. The average molecular weight is 210 g/mol. The van der Waals surface area contributed by atoms with Crippen LogP contribution in [0, 0.1) is 23.7 Å². The molecule has 2 rings (SSSR count). The van der Waals surface area contributed by atoms with Crippen molar-refractivity contribution in [2.24, 2.45) is 29.4 Å². The van der Waals surface area contributed by atoms with Gasteiger partial charge < -0.3 is 10.6 Å². The van der Waals surface area contributed by atoms with Gasteiger partial charge >= 0.3 is 0 Å². The highest BCUT2D eigenvalue weighted by Crippen LogP contribution is 2.47. The van der Waals surface area contributed by atoms with E-state index < -0.39 is 0 Å². The summed E-state index contributed by atoms with van der Waals surface area (Å²) in [6.45, 7) is 7.01. The fourth-order valence-electron chi connectivity index (χ4n) is 3.78. The monoisotopic (exact) mass is 210 g/mol. The normalized spacial score (nSPS) is 39.6. The Morgan fingerprint density at radius 1 is 1.27 bits per heavy atom. The van der Waals surface area contributed by atoms with E-state index in [1.807, 2.05) is 0 Å². The first-order valence-electron chi connectivity index (χ1n) is 6.52. The van der Waals surface area contributed by atoms with E-state index in [-0.39, 0.29) is 0 Å². The van der Waals surface area contributed by atoms with Crippen LogP contribution in [-0.2, 0) is 0 Å². The number of hydrogen-bond donors (Lipinski definition) is 1. The van der Waals surface area contributed by atoms with Crippen LogP contribution in [0.4, 0.5) is 0 Å². The molecule has 2 N–H and O–H groups in total. The molecule has 4 atom stereocenters. The Labute approximate surface area is 94.2 Å². The summed E-state index contributed by atoms with van der Waals surface area (Å²) in [4.78, 5) is 2.48. The van der Waals surface area contributed by atoms with Gasteiger partial charge in [-0.25, -0.2) is 0 Å². The van der Waals surface area contributed by atoms with Crippen LogP contribution in [0.15, 0.2) is 0 Å². The molecule has 2 bridgehead atoms. The van der Waals surface area contributed by atoms with Gasteiger partial charge in [0.2, 0.25) is 0 Å². The molecule has 2 nitrogen and oxygen atoms in total. The topological polar surface area (TPSA) is 29.3 Å². The van der Waals surface area contributed by atoms with Gasteiger partial charge in [-0.1, -0.05) is 13.8 Å². The van der Waals surface area contributed by atoms with Gasteiger partial charge in [-0.3, -0.25) is 0 Å². The molecule has 0 spiro atoms. The molecule has 2 aliphatic rings. The predicted octanol–water partition coefficient (Wildman–Crippen LogP) is 1.95. The van der Waals surface area contributed by atoms with Gasteiger partial charge in [0.25, 0.3) is 0 Å². The van der Waals surface area contributed by atoms with E-state index in [1.165, 1.54) is 32.4 Å². The number of rotatable bonds is 4. The first kappa shape index (κ1) is 11.4. The molecule has 2 aliphatic carbocycles. The van der Waals surface area contributed by atoms with Crippen LogP contribution in [0.5, 0.6) is 0 Å². The molecule has 0 aromatic rings. The first-order chi connectivity index (χ1) is 7.08. The Balaban J connectivity index is 1.84. The van der Waals surface area contributed by atoms with Crippen LogP contribution in [0.3, 0.4) is 0 Å². The summed E-state index contributed by atoms with van der Waals surface area (Å²) < 4.78 is 0. The van der Waals surface area contributed by atoms with Crippen LogP contribution >= 0.6 is 0 Å². The minimum atomic E-state index is 0.498. The second kappa shape index (κ2) is 4.42. The summed E-state index contributed by atoms with van der Waals surface area (Å²) in [5.41, 5.74) is 6.32. The highest BCUT2D eigenvalue weighted by Gasteiger charge is 2.45. The van der Waals surface area contributed by atoms with Gasteiger partial charge in [-0.05, 0) is 50.0 Å². The van der Waals surface area contributed by atoms with Gasteiger partial charge in [0.05, 0.1) is 0 Å². The van der Waals surface area contributed by atoms with Crippen molar-refractivity contribution in [1.82, 2.24) is 4.90 Å². The van der Waals surface area contributed by atoms with Gasteiger partial charge in [0.1, 0.15) is 0 Å². The van der Waals surface area contributed by atoms with Crippen molar-refractivity contribution in [2.75, 3.05) is 20.1 Å². The first-order valence-corrected chi connectivity index (χ1v) is 6.52. The van der Waals surface area contributed by atoms with Crippen molar-refractivity contribution in [3.05, 3.63) is 0 Å². The summed E-state index contributed by atoms with van der Waals surface area (Å²) in [7, 11) is 2.25. The minimum Gasteiger partial charge on any atom is -0.327 e. The Morgan fingerprint density at radius 3 is 2.47 bits per heavy atom. The molecule has 88 valence electrons. The van der Waals surface area contributed by atoms with Gasteiger partial charge in [-0.15, -0.1) is 0 Å². The Morgan fingerprint density at radius 2 is 1.93 bits per heavy atom. The molecular formula is C13H26N2. The van der Waals surface area contributed by atoms with Gasteiger partial charge in [0, 0.05) is 19.1 Å². The molecule has 2 fully saturated rings. The zero-order chi connectivity index (χ0) is 11.0. The summed E-state index contributed by atoms with van der Waals surface area (Å²) in [6.07, 6.45) is 4.26. The van der Waals surface area contributed by atoms with E-state index in [1.54, 1.807) is 0 Å². The molecule has 2 heteroatoms. The molecule has 0 aromatic heterocycles. The maximum absolute atomic E-state index is 6.32. The predicted molar refractivity (Wildman–Crippen MR) is 64.6 cm³/mol. The van der Waals surface area contributed by atoms with Crippen molar-refractivity contribution in [1.29, 1.82) is 0 Å². The van der Waals surface area contributed by atoms with Crippen LogP contribution in [0.25, 0.3) is 0 Å². The molecule has 0 aromatic carbocycles. The summed E-state index contributed by atoms with van der Waals surface area (Å²) in [6, 6.07) is 0.498. The Bertz CT molecular complexity index is 213. The fraction of sp³-hybridized carbons (Fsp3) is 1.00. The van der Waals surface area contributed by atoms with Crippen molar-refractivity contribution in [2.45, 2.75) is 39.2 Å². The van der Waals surface area contributed by atoms with Crippen molar-refractivity contribution >= 4 is 0 Å². The van der Waals surface area contributed by atoms with E-state index in [0.29, 0.717) is 6.04 Å². The highest BCUT2D eigenvalue weighted by atomic mass is 15.1. The lowest BCUT2D eigenvalue weighted by Crippen LogP contribution is -2.42. The van der Waals surface area contributed by atoms with Crippen molar-refractivity contribution in [3.8, 4) is 0 Å². The minimum absolute atomic E-state index is 0.498.